The van der Waals surface area contributed by atoms with Gasteiger partial charge in [0.25, 0.3) is 0 Å². The van der Waals surface area contributed by atoms with Gasteiger partial charge in [0.2, 0.25) is 5.91 Å². The van der Waals surface area contributed by atoms with Crippen molar-refractivity contribution in [3.05, 3.63) is 48.0 Å². The first kappa shape index (κ1) is 28.8. The summed E-state index contributed by atoms with van der Waals surface area (Å²) in [5.41, 5.74) is -0.454. The molecule has 1 aliphatic heterocycles. The fraction of sp³-hybridized carbons (Fsp3) is 0.536. The van der Waals surface area contributed by atoms with Crippen LogP contribution in [0.2, 0.25) is 0 Å². The molecule has 11 heteroatoms. The Morgan fingerprint density at radius 2 is 1.69 bits per heavy atom. The Morgan fingerprint density at radius 3 is 2.28 bits per heavy atom. The van der Waals surface area contributed by atoms with Crippen molar-refractivity contribution in [2.45, 2.75) is 57.7 Å². The van der Waals surface area contributed by atoms with Gasteiger partial charge in [0.05, 0.1) is 12.2 Å². The molecule has 0 spiro atoms. The molecule has 0 radical (unpaired) electrons. The molecule has 0 bridgehead atoms. The molecule has 4 rings (SSSR count). The standard InChI is InChI=1S/C28H37F3N4O4/c1-2-39-24-10-8-23(9-11-24)34-15-13-19(14-16-34)18-32-27(36)20-3-5-21(6-4-20)33-22-7-12-26(35(37)38)25(17-22)28(29,30)31/h7-12,17,19-21,33,37-38H,2-6,13-16,18H2,1H3,(H,32,36). The van der Waals surface area contributed by atoms with Gasteiger partial charge in [0.15, 0.2) is 0 Å². The Hall–Kier alpha value is -3.18. The summed E-state index contributed by atoms with van der Waals surface area (Å²) in [6.45, 7) is 5.15. The summed E-state index contributed by atoms with van der Waals surface area (Å²) >= 11 is 0. The molecule has 0 unspecified atom stereocenters. The van der Waals surface area contributed by atoms with E-state index < -0.39 is 22.7 Å². The fourth-order valence-corrected chi connectivity index (χ4v) is 5.47. The average Bonchev–Trinajstić information content (AvgIpc) is 2.92. The van der Waals surface area contributed by atoms with Gasteiger partial charge in [0.1, 0.15) is 11.4 Å². The fourth-order valence-electron chi connectivity index (χ4n) is 5.47. The van der Waals surface area contributed by atoms with E-state index in [4.69, 9.17) is 15.2 Å². The first-order chi connectivity index (χ1) is 18.6. The van der Waals surface area contributed by atoms with Crippen LogP contribution >= 0.6 is 0 Å². The maximum atomic E-state index is 13.3. The van der Waals surface area contributed by atoms with Crippen LogP contribution in [0.25, 0.3) is 0 Å². The minimum Gasteiger partial charge on any atom is -0.494 e. The number of benzene rings is 2. The van der Waals surface area contributed by atoms with E-state index in [9.17, 15) is 18.0 Å². The van der Waals surface area contributed by atoms with Crippen LogP contribution in [0.1, 0.15) is 51.0 Å². The molecular weight excluding hydrogens is 513 g/mol. The maximum absolute atomic E-state index is 13.3. The molecule has 214 valence electrons. The van der Waals surface area contributed by atoms with Gasteiger partial charge < -0.3 is 20.3 Å². The van der Waals surface area contributed by atoms with Crippen molar-refractivity contribution in [2.75, 3.05) is 41.7 Å². The van der Waals surface area contributed by atoms with E-state index in [1.165, 1.54) is 11.8 Å². The number of halogens is 3. The highest BCUT2D eigenvalue weighted by molar-refractivity contribution is 5.78. The number of hydrogen-bond acceptors (Lipinski definition) is 7. The van der Waals surface area contributed by atoms with Crippen LogP contribution in [-0.4, -0.2) is 48.6 Å². The van der Waals surface area contributed by atoms with Crippen molar-refractivity contribution in [1.82, 2.24) is 5.32 Å². The molecule has 4 N–H and O–H groups in total. The van der Waals surface area contributed by atoms with E-state index in [0.29, 0.717) is 44.8 Å². The van der Waals surface area contributed by atoms with Crippen molar-refractivity contribution in [3.63, 3.8) is 0 Å². The first-order valence-electron chi connectivity index (χ1n) is 13.5. The summed E-state index contributed by atoms with van der Waals surface area (Å²) in [4.78, 5) is 15.2. The van der Waals surface area contributed by atoms with Crippen molar-refractivity contribution in [2.24, 2.45) is 11.8 Å². The smallest absolute Gasteiger partial charge is 0.418 e. The summed E-state index contributed by atoms with van der Waals surface area (Å²) in [6, 6.07) is 11.3. The number of amides is 1. The largest absolute Gasteiger partial charge is 0.494 e. The van der Waals surface area contributed by atoms with Gasteiger partial charge in [-0.15, -0.1) is 5.23 Å². The van der Waals surface area contributed by atoms with Gasteiger partial charge in [0, 0.05) is 43.0 Å². The average molecular weight is 551 g/mol. The zero-order chi connectivity index (χ0) is 28.0. The molecule has 1 saturated carbocycles. The van der Waals surface area contributed by atoms with E-state index in [1.54, 1.807) is 0 Å². The summed E-state index contributed by atoms with van der Waals surface area (Å²) in [5.74, 6) is 1.26. The predicted octanol–water partition coefficient (Wildman–Crippen LogP) is 5.69. The van der Waals surface area contributed by atoms with Crippen molar-refractivity contribution < 1.29 is 33.1 Å². The SMILES string of the molecule is CCOc1ccc(N2CCC(CNC(=O)C3CCC(Nc4ccc(N(O)O)c(C(F)(F)F)c4)CC3)CC2)cc1. The molecule has 0 aromatic heterocycles. The highest BCUT2D eigenvalue weighted by Gasteiger charge is 2.36. The second kappa shape index (κ2) is 12.8. The second-order valence-electron chi connectivity index (χ2n) is 10.3. The minimum atomic E-state index is -4.74. The van der Waals surface area contributed by atoms with Gasteiger partial charge in [-0.25, -0.2) is 0 Å². The van der Waals surface area contributed by atoms with Crippen LogP contribution in [0.4, 0.5) is 30.2 Å². The van der Waals surface area contributed by atoms with Crippen molar-refractivity contribution >= 4 is 23.0 Å². The van der Waals surface area contributed by atoms with Crippen LogP contribution in [0.3, 0.4) is 0 Å². The summed E-state index contributed by atoms with van der Waals surface area (Å²) in [5, 5.41) is 23.9. The summed E-state index contributed by atoms with van der Waals surface area (Å²) in [6.07, 6.45) is -0.0871. The van der Waals surface area contributed by atoms with E-state index in [0.717, 1.165) is 43.8 Å². The van der Waals surface area contributed by atoms with Crippen LogP contribution in [0.15, 0.2) is 42.5 Å². The van der Waals surface area contributed by atoms with E-state index in [-0.39, 0.29) is 23.6 Å². The molecule has 2 aromatic carbocycles. The lowest BCUT2D eigenvalue weighted by Crippen LogP contribution is -2.41. The third kappa shape index (κ3) is 7.69. The number of piperidine rings is 1. The van der Waals surface area contributed by atoms with Crippen LogP contribution in [0.5, 0.6) is 5.75 Å². The normalized spacial score (nSPS) is 20.4. The third-order valence-corrected chi connectivity index (χ3v) is 7.68. The molecule has 8 nitrogen and oxygen atoms in total. The van der Waals surface area contributed by atoms with Crippen molar-refractivity contribution in [1.29, 1.82) is 0 Å². The molecule has 39 heavy (non-hydrogen) atoms. The Morgan fingerprint density at radius 1 is 1.03 bits per heavy atom. The lowest BCUT2D eigenvalue weighted by molar-refractivity contribution is -0.138. The second-order valence-corrected chi connectivity index (χ2v) is 10.3. The van der Waals surface area contributed by atoms with E-state index in [2.05, 4.69) is 27.7 Å². The third-order valence-electron chi connectivity index (χ3n) is 7.68. The Kier molecular flexibility index (Phi) is 9.45. The van der Waals surface area contributed by atoms with Gasteiger partial charge in [-0.05, 0) is 93.8 Å². The van der Waals surface area contributed by atoms with Crippen molar-refractivity contribution in [3.8, 4) is 5.75 Å². The molecule has 2 fully saturated rings. The number of nitrogens with zero attached hydrogens (tertiary/aromatic N) is 2. The van der Waals surface area contributed by atoms with Crippen LogP contribution in [0, 0.1) is 11.8 Å². The number of alkyl halides is 3. The summed E-state index contributed by atoms with van der Waals surface area (Å²) < 4.78 is 45.5. The minimum absolute atomic E-state index is 0.0529. The maximum Gasteiger partial charge on any atom is 0.418 e. The Balaban J connectivity index is 1.19. The lowest BCUT2D eigenvalue weighted by atomic mass is 9.85. The Labute approximate surface area is 226 Å². The zero-order valence-corrected chi connectivity index (χ0v) is 22.1. The monoisotopic (exact) mass is 550 g/mol. The Bertz CT molecular complexity index is 1080. The molecule has 2 aromatic rings. The predicted molar refractivity (Wildman–Crippen MR) is 142 cm³/mol. The molecule has 1 heterocycles. The van der Waals surface area contributed by atoms with Gasteiger partial charge >= 0.3 is 6.18 Å². The molecule has 0 atom stereocenters. The van der Waals surface area contributed by atoms with E-state index >= 15 is 0 Å². The molecule has 2 aliphatic rings. The highest BCUT2D eigenvalue weighted by atomic mass is 19.4. The topological polar surface area (TPSA) is 97.3 Å². The number of ether oxygens (including phenoxy) is 1. The molecule has 1 saturated heterocycles. The molecule has 1 amide bonds. The zero-order valence-electron chi connectivity index (χ0n) is 22.1. The van der Waals surface area contributed by atoms with Gasteiger partial charge in [-0.3, -0.25) is 15.2 Å². The number of rotatable bonds is 9. The van der Waals surface area contributed by atoms with Crippen LogP contribution < -0.4 is 25.5 Å². The molecular formula is C28H37F3N4O4. The number of hydrogen-bond donors (Lipinski definition) is 4. The number of anilines is 3. The van der Waals surface area contributed by atoms with Crippen LogP contribution in [-0.2, 0) is 11.0 Å². The number of nitrogens with one attached hydrogen (secondary N) is 2. The highest BCUT2D eigenvalue weighted by Crippen LogP contribution is 2.38. The molecule has 1 aliphatic carbocycles. The quantitative estimate of drug-likeness (QED) is 0.298. The first-order valence-corrected chi connectivity index (χ1v) is 13.5. The number of carbonyl (C=O) groups is 1. The lowest BCUT2D eigenvalue weighted by Gasteiger charge is -2.34. The number of carbonyl (C=O) groups excluding carboxylic acids is 1. The van der Waals surface area contributed by atoms with E-state index in [1.807, 2.05) is 19.1 Å². The van der Waals surface area contributed by atoms with Gasteiger partial charge in [-0.1, -0.05) is 0 Å². The van der Waals surface area contributed by atoms with Gasteiger partial charge in [-0.2, -0.15) is 13.2 Å². The summed E-state index contributed by atoms with van der Waals surface area (Å²) in [7, 11) is 0.